The lowest BCUT2D eigenvalue weighted by Gasteiger charge is -1.99. The van der Waals surface area contributed by atoms with Crippen LogP contribution in [0, 0.1) is 37.5 Å². The van der Waals surface area contributed by atoms with Crippen molar-refractivity contribution in [3.8, 4) is 23.7 Å². The van der Waals surface area contributed by atoms with Crippen LogP contribution in [0.4, 0.5) is 0 Å². The predicted molar refractivity (Wildman–Crippen MR) is 113 cm³/mol. The van der Waals surface area contributed by atoms with E-state index in [-0.39, 0.29) is 0 Å². The van der Waals surface area contributed by atoms with Crippen LogP contribution >= 0.6 is 0 Å². The van der Waals surface area contributed by atoms with E-state index >= 15 is 0 Å². The first-order chi connectivity index (χ1) is 12.5. The fraction of sp³-hybridized carbons (Fsp3) is 0.154. The highest BCUT2D eigenvalue weighted by Gasteiger charge is 1.96. The van der Waals surface area contributed by atoms with Crippen LogP contribution in [0.25, 0.3) is 0 Å². The molecule has 2 aromatic carbocycles. The molecule has 0 saturated carbocycles. The number of aryl methyl sites for hydroxylation is 2. The molecule has 0 N–H and O–H groups in total. The highest BCUT2D eigenvalue weighted by molar-refractivity contribution is 5.52. The van der Waals surface area contributed by atoms with Crippen molar-refractivity contribution in [3.05, 3.63) is 106 Å². The third-order valence-corrected chi connectivity index (χ3v) is 3.79. The Morgan fingerprint density at radius 1 is 0.846 bits per heavy atom. The van der Waals surface area contributed by atoms with Crippen LogP contribution in [0.3, 0.4) is 0 Å². The van der Waals surface area contributed by atoms with Crippen molar-refractivity contribution in [2.24, 2.45) is 0 Å². The van der Waals surface area contributed by atoms with Gasteiger partial charge in [-0.05, 0) is 69.7 Å². The number of rotatable bonds is 2. The predicted octanol–water partition coefficient (Wildman–Crippen LogP) is 6.13. The van der Waals surface area contributed by atoms with Crippen LogP contribution in [-0.4, -0.2) is 0 Å². The lowest BCUT2D eigenvalue weighted by Crippen LogP contribution is -1.85. The average molecular weight is 336 g/mol. The Morgan fingerprint density at radius 2 is 1.50 bits per heavy atom. The van der Waals surface area contributed by atoms with Gasteiger partial charge in [-0.25, -0.2) is 0 Å². The smallest absolute Gasteiger partial charge is 0.0279 e. The zero-order valence-corrected chi connectivity index (χ0v) is 16.0. The van der Waals surface area contributed by atoms with Gasteiger partial charge < -0.3 is 0 Å². The fourth-order valence-electron chi connectivity index (χ4n) is 2.22. The molecule has 0 aliphatic heterocycles. The van der Waals surface area contributed by atoms with Crippen molar-refractivity contribution in [2.75, 3.05) is 0 Å². The second-order valence-corrected chi connectivity index (χ2v) is 6.47. The molecule has 26 heavy (non-hydrogen) atoms. The number of benzene rings is 2. The summed E-state index contributed by atoms with van der Waals surface area (Å²) in [6, 6.07) is 14.4. The maximum atomic E-state index is 3.83. The van der Waals surface area contributed by atoms with Gasteiger partial charge in [0.15, 0.2) is 0 Å². The molecule has 2 rings (SSSR count). The van der Waals surface area contributed by atoms with Gasteiger partial charge in [0, 0.05) is 22.3 Å². The molecule has 0 saturated heterocycles. The molecule has 0 aliphatic rings. The largest absolute Gasteiger partial charge is 0.0978 e. The van der Waals surface area contributed by atoms with Crippen molar-refractivity contribution >= 4 is 0 Å². The molecule has 0 heteroatoms. The van der Waals surface area contributed by atoms with Crippen molar-refractivity contribution in [1.82, 2.24) is 0 Å². The van der Waals surface area contributed by atoms with Gasteiger partial charge in [-0.1, -0.05) is 65.7 Å². The normalized spacial score (nSPS) is 10.1. The van der Waals surface area contributed by atoms with Crippen LogP contribution in [0.15, 0.2) is 78.4 Å². The van der Waals surface area contributed by atoms with Gasteiger partial charge in [0.05, 0.1) is 0 Å². The minimum absolute atomic E-state index is 0.911. The topological polar surface area (TPSA) is 0 Å². The average Bonchev–Trinajstić information content (AvgIpc) is 2.62. The van der Waals surface area contributed by atoms with Crippen molar-refractivity contribution in [1.29, 1.82) is 0 Å². The molecular weight excluding hydrogens is 312 g/mol. The first kappa shape index (κ1) is 19.1. The molecular formula is C26H24. The Bertz CT molecular complexity index is 968. The summed E-state index contributed by atoms with van der Waals surface area (Å²) in [5.74, 6) is 12.8. The minimum Gasteiger partial charge on any atom is -0.0978 e. The molecule has 0 aliphatic carbocycles. The third-order valence-electron chi connectivity index (χ3n) is 3.79. The highest BCUT2D eigenvalue weighted by atomic mass is 14.0. The van der Waals surface area contributed by atoms with E-state index in [0.717, 1.165) is 27.8 Å². The van der Waals surface area contributed by atoms with E-state index in [1.807, 2.05) is 36.4 Å². The van der Waals surface area contributed by atoms with E-state index in [0.29, 0.717) is 0 Å². The molecule has 0 unspecified atom stereocenters. The van der Waals surface area contributed by atoms with Crippen molar-refractivity contribution < 1.29 is 0 Å². The summed E-state index contributed by atoms with van der Waals surface area (Å²) in [6.07, 6.45) is 5.82. The lowest BCUT2D eigenvalue weighted by atomic mass is 10.0. The minimum atomic E-state index is 0.911. The fourth-order valence-corrected chi connectivity index (χ4v) is 2.22. The van der Waals surface area contributed by atoms with Crippen molar-refractivity contribution in [3.63, 3.8) is 0 Å². The molecule has 0 radical (unpaired) electrons. The first-order valence-electron chi connectivity index (χ1n) is 8.67. The molecule has 2 aromatic rings. The van der Waals surface area contributed by atoms with Gasteiger partial charge in [-0.2, -0.15) is 0 Å². The quantitative estimate of drug-likeness (QED) is 0.457. The summed E-state index contributed by atoms with van der Waals surface area (Å²) in [6.45, 7) is 12.1. The van der Waals surface area contributed by atoms with E-state index < -0.39 is 0 Å². The Labute approximate surface area is 158 Å². The van der Waals surface area contributed by atoms with E-state index in [1.54, 1.807) is 6.08 Å². The molecule has 0 fully saturated rings. The maximum Gasteiger partial charge on any atom is 0.0279 e. The summed E-state index contributed by atoms with van der Waals surface area (Å²) in [5.41, 5.74) is 7.55. The van der Waals surface area contributed by atoms with Gasteiger partial charge in [-0.15, -0.1) is 0 Å². The van der Waals surface area contributed by atoms with Gasteiger partial charge in [0.1, 0.15) is 0 Å². The molecule has 0 aromatic heterocycles. The van der Waals surface area contributed by atoms with Crippen molar-refractivity contribution in [2.45, 2.75) is 27.7 Å². The van der Waals surface area contributed by atoms with Crippen LogP contribution in [0.2, 0.25) is 0 Å². The summed E-state index contributed by atoms with van der Waals surface area (Å²) in [7, 11) is 0. The molecule has 0 amide bonds. The third kappa shape index (κ3) is 6.01. The van der Waals surface area contributed by atoms with Crippen LogP contribution in [-0.2, 0) is 0 Å². The highest BCUT2D eigenvalue weighted by Crippen LogP contribution is 2.10. The number of hydrogen-bond donors (Lipinski definition) is 0. The Balaban J connectivity index is 2.22. The molecule has 0 atom stereocenters. The Morgan fingerprint density at radius 3 is 2.12 bits per heavy atom. The standard InChI is InChI=1S/C26H24/c1-6-23(10-7-20(2)3)15-17-26-18-16-25(19-22(26)5)14-13-24-11-8-21(4)9-12-24/h6-12,16,18-19H,1H2,2-5H3. The van der Waals surface area contributed by atoms with Gasteiger partial charge in [0.25, 0.3) is 0 Å². The summed E-state index contributed by atoms with van der Waals surface area (Å²) >= 11 is 0. The molecule has 0 nitrogen and oxygen atoms in total. The van der Waals surface area contributed by atoms with E-state index in [9.17, 15) is 0 Å². The second-order valence-electron chi connectivity index (χ2n) is 6.47. The summed E-state index contributed by atoms with van der Waals surface area (Å²) in [5, 5.41) is 0. The SMILES string of the molecule is C=CC(C#Cc1ccc(C#Cc2ccc(C)cc2)cc1C)=CC=C(C)C. The zero-order chi connectivity index (χ0) is 18.9. The second kappa shape index (κ2) is 9.31. The Hall–Kier alpha value is -3.22. The summed E-state index contributed by atoms with van der Waals surface area (Å²) < 4.78 is 0. The van der Waals surface area contributed by atoms with Gasteiger partial charge in [-0.3, -0.25) is 0 Å². The molecule has 0 bridgehead atoms. The van der Waals surface area contributed by atoms with E-state index in [4.69, 9.17) is 0 Å². The molecule has 128 valence electrons. The maximum absolute atomic E-state index is 3.83. The lowest BCUT2D eigenvalue weighted by molar-refractivity contribution is 1.39. The Kier molecular flexibility index (Phi) is 6.84. The van der Waals surface area contributed by atoms with Gasteiger partial charge >= 0.3 is 0 Å². The van der Waals surface area contributed by atoms with Crippen LogP contribution in [0.1, 0.15) is 41.7 Å². The number of allylic oxidation sites excluding steroid dienone is 5. The van der Waals surface area contributed by atoms with E-state index in [2.05, 4.69) is 76.2 Å². The monoisotopic (exact) mass is 336 g/mol. The van der Waals surface area contributed by atoms with E-state index in [1.165, 1.54) is 11.1 Å². The zero-order valence-electron chi connectivity index (χ0n) is 16.0. The molecule has 0 heterocycles. The van der Waals surface area contributed by atoms with Crippen LogP contribution in [0.5, 0.6) is 0 Å². The molecule has 0 spiro atoms. The van der Waals surface area contributed by atoms with Crippen LogP contribution < -0.4 is 0 Å². The first-order valence-corrected chi connectivity index (χ1v) is 8.67. The van der Waals surface area contributed by atoms with Gasteiger partial charge in [0.2, 0.25) is 0 Å². The number of hydrogen-bond acceptors (Lipinski definition) is 0. The summed E-state index contributed by atoms with van der Waals surface area (Å²) in [4.78, 5) is 0.